The van der Waals surface area contributed by atoms with E-state index in [9.17, 15) is 0 Å². The van der Waals surface area contributed by atoms with Gasteiger partial charge < -0.3 is 5.32 Å². The highest BCUT2D eigenvalue weighted by molar-refractivity contribution is 6.30. The lowest BCUT2D eigenvalue weighted by Gasteiger charge is -2.09. The quantitative estimate of drug-likeness (QED) is 0.862. The van der Waals surface area contributed by atoms with Crippen LogP contribution in [0.3, 0.4) is 0 Å². The van der Waals surface area contributed by atoms with Crippen LogP contribution in [0.15, 0.2) is 0 Å². The van der Waals surface area contributed by atoms with E-state index in [0.717, 1.165) is 29.5 Å². The van der Waals surface area contributed by atoms with Crippen molar-refractivity contribution < 1.29 is 0 Å². The number of aromatic nitrogens is 2. The lowest BCUT2D eigenvalue weighted by molar-refractivity contribution is 0.550. The predicted octanol–water partition coefficient (Wildman–Crippen LogP) is 2.94. The fraction of sp³-hybridized carbons (Fsp3) is 0.750. The molecule has 0 aromatic carbocycles. The number of halogens is 1. The van der Waals surface area contributed by atoms with Crippen molar-refractivity contribution in [3.05, 3.63) is 16.4 Å². The molecular formula is C12H22ClN3. The zero-order chi connectivity index (χ0) is 12.3. The molecule has 0 aliphatic rings. The fourth-order valence-corrected chi connectivity index (χ4v) is 1.88. The van der Waals surface area contributed by atoms with Crippen LogP contribution in [-0.4, -0.2) is 16.3 Å². The Morgan fingerprint density at radius 3 is 2.44 bits per heavy atom. The average Bonchev–Trinajstić information content (AvgIpc) is 2.45. The summed E-state index contributed by atoms with van der Waals surface area (Å²) in [6.07, 6.45) is 0. The van der Waals surface area contributed by atoms with Gasteiger partial charge in [0.05, 0.1) is 5.69 Å². The molecule has 1 heterocycles. The lowest BCUT2D eigenvalue weighted by Crippen LogP contribution is -2.19. The van der Waals surface area contributed by atoms with Crippen LogP contribution in [0.1, 0.15) is 44.9 Å². The van der Waals surface area contributed by atoms with E-state index in [1.165, 1.54) is 0 Å². The molecule has 0 atom stereocenters. The van der Waals surface area contributed by atoms with Crippen LogP contribution in [0.5, 0.6) is 0 Å². The van der Waals surface area contributed by atoms with Gasteiger partial charge in [-0.3, -0.25) is 4.68 Å². The molecule has 1 N–H and O–H groups in total. The van der Waals surface area contributed by atoms with Gasteiger partial charge in [-0.2, -0.15) is 5.10 Å². The molecule has 0 spiro atoms. The predicted molar refractivity (Wildman–Crippen MR) is 68.9 cm³/mol. The molecule has 3 nitrogen and oxygen atoms in total. The van der Waals surface area contributed by atoms with Crippen LogP contribution in [0.25, 0.3) is 0 Å². The standard InChI is InChI=1S/C12H22ClN3/c1-8(2)6-14-7-10-11(9(3)4)15-16(5)12(10)13/h8-9,14H,6-7H2,1-5H3. The minimum absolute atomic E-state index is 0.412. The molecule has 92 valence electrons. The van der Waals surface area contributed by atoms with Gasteiger partial charge in [0.25, 0.3) is 0 Å². The Bertz CT molecular complexity index is 342. The minimum Gasteiger partial charge on any atom is -0.312 e. The average molecular weight is 244 g/mol. The van der Waals surface area contributed by atoms with Gasteiger partial charge in [-0.05, 0) is 18.4 Å². The maximum atomic E-state index is 6.23. The molecule has 0 bridgehead atoms. The first-order valence-electron chi connectivity index (χ1n) is 5.85. The van der Waals surface area contributed by atoms with Gasteiger partial charge in [0, 0.05) is 19.2 Å². The lowest BCUT2D eigenvalue weighted by atomic mass is 10.1. The molecule has 1 aromatic heterocycles. The molecule has 1 aromatic rings. The van der Waals surface area contributed by atoms with Crippen molar-refractivity contribution in [2.75, 3.05) is 6.54 Å². The second-order valence-corrected chi connectivity index (χ2v) is 5.32. The molecule has 0 radical (unpaired) electrons. The normalized spacial score (nSPS) is 11.8. The Kier molecular flexibility index (Phi) is 4.81. The van der Waals surface area contributed by atoms with E-state index in [4.69, 9.17) is 11.6 Å². The molecule has 0 aliphatic heterocycles. The summed E-state index contributed by atoms with van der Waals surface area (Å²) in [4.78, 5) is 0. The fourth-order valence-electron chi connectivity index (χ4n) is 1.68. The van der Waals surface area contributed by atoms with Crippen molar-refractivity contribution in [2.45, 2.75) is 40.2 Å². The molecule has 0 fully saturated rings. The Balaban J connectivity index is 2.77. The van der Waals surface area contributed by atoms with Crippen LogP contribution >= 0.6 is 11.6 Å². The summed E-state index contributed by atoms with van der Waals surface area (Å²) in [7, 11) is 1.89. The SMILES string of the molecule is CC(C)CNCc1c(C(C)C)nn(C)c1Cl. The number of hydrogen-bond donors (Lipinski definition) is 1. The van der Waals surface area contributed by atoms with Gasteiger partial charge in [-0.1, -0.05) is 39.3 Å². The van der Waals surface area contributed by atoms with Gasteiger partial charge in [0.2, 0.25) is 0 Å². The van der Waals surface area contributed by atoms with Gasteiger partial charge in [-0.25, -0.2) is 0 Å². The van der Waals surface area contributed by atoms with E-state index in [1.807, 2.05) is 7.05 Å². The Morgan fingerprint density at radius 2 is 1.94 bits per heavy atom. The summed E-state index contributed by atoms with van der Waals surface area (Å²) in [5, 5.41) is 8.61. The first-order chi connectivity index (χ1) is 7.43. The third kappa shape index (κ3) is 3.22. The van der Waals surface area contributed by atoms with Crippen molar-refractivity contribution in [3.63, 3.8) is 0 Å². The Labute approximate surface area is 103 Å². The molecule has 1 rings (SSSR count). The molecule has 0 amide bonds. The van der Waals surface area contributed by atoms with Crippen LogP contribution in [0, 0.1) is 5.92 Å². The third-order valence-corrected chi connectivity index (χ3v) is 2.97. The van der Waals surface area contributed by atoms with Crippen LogP contribution in [0.2, 0.25) is 5.15 Å². The minimum atomic E-state index is 0.412. The number of rotatable bonds is 5. The van der Waals surface area contributed by atoms with Crippen LogP contribution in [0.4, 0.5) is 0 Å². The Hall–Kier alpha value is -0.540. The summed E-state index contributed by atoms with van der Waals surface area (Å²) in [6.45, 7) is 10.5. The van der Waals surface area contributed by atoms with Gasteiger partial charge in [0.15, 0.2) is 0 Å². The van der Waals surface area contributed by atoms with Crippen molar-refractivity contribution in [2.24, 2.45) is 13.0 Å². The van der Waals surface area contributed by atoms with Gasteiger partial charge >= 0.3 is 0 Å². The first kappa shape index (κ1) is 13.5. The smallest absolute Gasteiger partial charge is 0.131 e. The second kappa shape index (κ2) is 5.69. The van der Waals surface area contributed by atoms with E-state index in [2.05, 4.69) is 38.1 Å². The number of aryl methyl sites for hydroxylation is 1. The third-order valence-electron chi connectivity index (χ3n) is 2.50. The van der Waals surface area contributed by atoms with Gasteiger partial charge in [-0.15, -0.1) is 0 Å². The molecular weight excluding hydrogens is 222 g/mol. The number of hydrogen-bond acceptors (Lipinski definition) is 2. The largest absolute Gasteiger partial charge is 0.312 e. The Morgan fingerprint density at radius 1 is 1.31 bits per heavy atom. The first-order valence-corrected chi connectivity index (χ1v) is 6.23. The summed E-state index contributed by atoms with van der Waals surface area (Å²) < 4.78 is 1.75. The van der Waals surface area contributed by atoms with E-state index in [-0.39, 0.29) is 0 Å². The summed E-state index contributed by atoms with van der Waals surface area (Å²) in [5.41, 5.74) is 2.24. The zero-order valence-corrected chi connectivity index (χ0v) is 11.6. The molecule has 0 saturated heterocycles. The maximum absolute atomic E-state index is 6.23. The molecule has 4 heteroatoms. The summed E-state index contributed by atoms with van der Waals surface area (Å²) >= 11 is 6.23. The highest BCUT2D eigenvalue weighted by Gasteiger charge is 2.16. The molecule has 0 aliphatic carbocycles. The van der Waals surface area contributed by atoms with E-state index in [1.54, 1.807) is 4.68 Å². The monoisotopic (exact) mass is 243 g/mol. The summed E-state index contributed by atoms with van der Waals surface area (Å²) in [5.74, 6) is 1.06. The maximum Gasteiger partial charge on any atom is 0.131 e. The van der Waals surface area contributed by atoms with Gasteiger partial charge in [0.1, 0.15) is 5.15 Å². The molecule has 0 unspecified atom stereocenters. The second-order valence-electron chi connectivity index (χ2n) is 4.96. The highest BCUT2D eigenvalue weighted by Crippen LogP contribution is 2.24. The topological polar surface area (TPSA) is 29.9 Å². The van der Waals surface area contributed by atoms with Crippen molar-refractivity contribution in [1.82, 2.24) is 15.1 Å². The van der Waals surface area contributed by atoms with Crippen molar-refractivity contribution >= 4 is 11.6 Å². The van der Waals surface area contributed by atoms with E-state index < -0.39 is 0 Å². The zero-order valence-electron chi connectivity index (χ0n) is 10.8. The van der Waals surface area contributed by atoms with Crippen LogP contribution in [-0.2, 0) is 13.6 Å². The number of nitrogens with one attached hydrogen (secondary N) is 1. The van der Waals surface area contributed by atoms with Crippen molar-refractivity contribution in [3.8, 4) is 0 Å². The van der Waals surface area contributed by atoms with E-state index >= 15 is 0 Å². The number of nitrogens with zero attached hydrogens (tertiary/aromatic N) is 2. The van der Waals surface area contributed by atoms with Crippen molar-refractivity contribution in [1.29, 1.82) is 0 Å². The van der Waals surface area contributed by atoms with E-state index in [0.29, 0.717) is 11.8 Å². The molecule has 16 heavy (non-hydrogen) atoms. The van der Waals surface area contributed by atoms with Crippen LogP contribution < -0.4 is 5.32 Å². The highest BCUT2D eigenvalue weighted by atomic mass is 35.5. The molecule has 0 saturated carbocycles. The summed E-state index contributed by atoms with van der Waals surface area (Å²) in [6, 6.07) is 0.